The maximum absolute atomic E-state index is 14.7. The molecule has 0 bridgehead atoms. The van der Waals surface area contributed by atoms with E-state index < -0.39 is 94.6 Å². The van der Waals surface area contributed by atoms with E-state index in [0.29, 0.717) is 47.7 Å². The van der Waals surface area contributed by atoms with Gasteiger partial charge < -0.3 is 40.3 Å². The zero-order valence-corrected chi connectivity index (χ0v) is 40.5. The molecule has 368 valence electrons. The molecule has 1 aromatic carbocycles. The lowest BCUT2D eigenvalue weighted by Gasteiger charge is -2.60. The molecule has 1 aromatic rings. The van der Waals surface area contributed by atoms with Gasteiger partial charge in [-0.25, -0.2) is 0 Å². The second kappa shape index (κ2) is 21.9. The highest BCUT2D eigenvalue weighted by Gasteiger charge is 2.73. The van der Waals surface area contributed by atoms with E-state index >= 15 is 0 Å². The summed E-state index contributed by atoms with van der Waals surface area (Å²) in [5.74, 6) is -5.08. The molecule has 2 aliphatic carbocycles. The van der Waals surface area contributed by atoms with Crippen LogP contribution in [-0.2, 0) is 44.7 Å². The van der Waals surface area contributed by atoms with Crippen molar-refractivity contribution < 1.29 is 51.5 Å². The molecule has 2 heterocycles. The number of hydrogen-bond acceptors (Lipinski definition) is 8. The number of amides is 7. The third-order valence-electron chi connectivity index (χ3n) is 14.1. The first-order valence-corrected chi connectivity index (χ1v) is 23.7. The Balaban J connectivity index is 1.41. The summed E-state index contributed by atoms with van der Waals surface area (Å²) in [6, 6.07) is -2.40. The first-order valence-electron chi connectivity index (χ1n) is 23.0. The largest absolute Gasteiger partial charge is 0.403 e. The van der Waals surface area contributed by atoms with Gasteiger partial charge in [0, 0.05) is 64.4 Å². The monoisotopic (exact) mass is 971 g/mol. The van der Waals surface area contributed by atoms with Gasteiger partial charge in [0.1, 0.15) is 41.7 Å². The van der Waals surface area contributed by atoms with E-state index in [0.717, 1.165) is 11.3 Å². The number of carbonyl (C=O) groups excluding carboxylic acids is 7. The van der Waals surface area contributed by atoms with Crippen LogP contribution in [0.5, 0.6) is 0 Å². The van der Waals surface area contributed by atoms with Crippen LogP contribution < -0.4 is 16.0 Å². The van der Waals surface area contributed by atoms with E-state index in [4.69, 9.17) is 27.9 Å². The molecule has 4 fully saturated rings. The Labute approximate surface area is 395 Å². The van der Waals surface area contributed by atoms with Crippen LogP contribution in [0.15, 0.2) is 18.2 Å². The Bertz CT molecular complexity index is 1980. The number of halogens is 5. The standard InChI is InChI=1S/C46H66Cl2F3N7O8/c1-27(2)22-33-42(64)57(6)36(24-29-23-30(47)14-15-31(29)48)39(61)52-28(3)40(62)55(4)19-9-8-12-34(37(59)54-33)56(5)41(63)32(16-21-66-7)53-38(60)35-13-10-20-58(35)43(65)45(46(49,50)51)25-44(26-45)17-11-18-44/h14-15,23,27-28,32-36H,8-13,16-22,24-26H2,1-7H3,(H,52,61)(H,53,60)(H,54,59)/t28-,32+,33+,34+,35+,36+/m1/s1. The minimum absolute atomic E-state index is 0.0147. The Morgan fingerprint density at radius 3 is 2.24 bits per heavy atom. The molecule has 1 spiro atoms. The fourth-order valence-corrected chi connectivity index (χ4v) is 10.5. The summed E-state index contributed by atoms with van der Waals surface area (Å²) < 4.78 is 49.3. The molecule has 5 rings (SSSR count). The van der Waals surface area contributed by atoms with Crippen LogP contribution in [0.4, 0.5) is 13.2 Å². The van der Waals surface area contributed by atoms with E-state index in [9.17, 15) is 46.7 Å². The van der Waals surface area contributed by atoms with E-state index in [1.54, 1.807) is 32.2 Å². The Morgan fingerprint density at radius 1 is 0.955 bits per heavy atom. The lowest BCUT2D eigenvalue weighted by Crippen LogP contribution is -2.66. The van der Waals surface area contributed by atoms with Crippen LogP contribution in [0.2, 0.25) is 10.0 Å². The van der Waals surface area contributed by atoms with E-state index in [2.05, 4.69) is 16.0 Å². The SMILES string of the molecule is COCC[C@H](NC(=O)[C@@H]1CCCN1C(=O)C1(C(F)(F)F)CC2(CCC2)C1)C(=O)N(C)[C@H]1CCCCN(C)C(=O)[C@@H](C)NC(=O)[C@H](Cc2cc(Cl)ccc2Cl)N(C)C(=O)[C@H](CC(C)C)NC1=O. The molecule has 66 heavy (non-hydrogen) atoms. The smallest absolute Gasteiger partial charge is 0.385 e. The zero-order chi connectivity index (χ0) is 48.9. The summed E-state index contributed by atoms with van der Waals surface area (Å²) in [5.41, 5.74) is -2.58. The number of methoxy groups -OCH3 is 1. The van der Waals surface area contributed by atoms with E-state index in [-0.39, 0.29) is 70.6 Å². The van der Waals surface area contributed by atoms with Crippen molar-refractivity contribution in [3.8, 4) is 0 Å². The molecule has 0 radical (unpaired) electrons. The molecule has 0 aromatic heterocycles. The quantitative estimate of drug-likeness (QED) is 0.265. The number of ether oxygens (including phenoxy) is 1. The van der Waals surface area contributed by atoms with Gasteiger partial charge >= 0.3 is 6.18 Å². The molecule has 2 saturated carbocycles. The van der Waals surface area contributed by atoms with Crippen molar-refractivity contribution in [2.75, 3.05) is 47.9 Å². The number of hydrogen-bond donors (Lipinski definition) is 3. The van der Waals surface area contributed by atoms with Gasteiger partial charge in [-0.15, -0.1) is 0 Å². The summed E-state index contributed by atoms with van der Waals surface area (Å²) in [7, 11) is 5.78. The maximum atomic E-state index is 14.7. The predicted octanol–water partition coefficient (Wildman–Crippen LogP) is 4.89. The van der Waals surface area contributed by atoms with Crippen LogP contribution in [0.3, 0.4) is 0 Å². The van der Waals surface area contributed by atoms with Crippen LogP contribution in [0.25, 0.3) is 0 Å². The molecule has 2 aliphatic heterocycles. The highest BCUT2D eigenvalue weighted by Crippen LogP contribution is 2.69. The third-order valence-corrected chi connectivity index (χ3v) is 14.7. The summed E-state index contributed by atoms with van der Waals surface area (Å²) >= 11 is 12.8. The summed E-state index contributed by atoms with van der Waals surface area (Å²) in [4.78, 5) is 104. The van der Waals surface area contributed by atoms with Crippen LogP contribution in [0.1, 0.15) is 103 Å². The third kappa shape index (κ3) is 11.7. The van der Waals surface area contributed by atoms with Crippen molar-refractivity contribution in [2.45, 2.75) is 147 Å². The van der Waals surface area contributed by atoms with Crippen molar-refractivity contribution in [3.05, 3.63) is 33.8 Å². The number of nitrogens with zero attached hydrogens (tertiary/aromatic N) is 4. The summed E-state index contributed by atoms with van der Waals surface area (Å²) in [5, 5.41) is 8.95. The topological polar surface area (TPSA) is 178 Å². The first-order chi connectivity index (χ1) is 31.0. The van der Waals surface area contributed by atoms with Crippen molar-refractivity contribution in [1.82, 2.24) is 35.6 Å². The number of benzene rings is 1. The van der Waals surface area contributed by atoms with Gasteiger partial charge in [0.2, 0.25) is 41.4 Å². The molecule has 20 heteroatoms. The van der Waals surface area contributed by atoms with Gasteiger partial charge in [-0.2, -0.15) is 13.2 Å². The van der Waals surface area contributed by atoms with Crippen LogP contribution in [0, 0.1) is 16.7 Å². The molecule has 3 N–H and O–H groups in total. The van der Waals surface area contributed by atoms with E-state index in [1.807, 2.05) is 13.8 Å². The van der Waals surface area contributed by atoms with Gasteiger partial charge in [0.05, 0.1) is 0 Å². The molecule has 2 saturated heterocycles. The number of likely N-dealkylation sites (tertiary alicyclic amines) is 1. The van der Waals surface area contributed by atoms with Crippen molar-refractivity contribution >= 4 is 64.6 Å². The van der Waals surface area contributed by atoms with Crippen molar-refractivity contribution in [1.29, 1.82) is 0 Å². The average Bonchev–Trinajstić information content (AvgIpc) is 3.72. The molecular weight excluding hydrogens is 906 g/mol. The number of alkyl halides is 3. The maximum Gasteiger partial charge on any atom is 0.403 e. The number of carbonyl (C=O) groups is 7. The Morgan fingerprint density at radius 2 is 1.64 bits per heavy atom. The normalized spacial score (nSPS) is 25.8. The fraction of sp³-hybridized carbons (Fsp3) is 0.717. The van der Waals surface area contributed by atoms with Gasteiger partial charge in [-0.1, -0.05) is 43.5 Å². The van der Waals surface area contributed by atoms with Crippen LogP contribution in [-0.4, -0.2) is 151 Å². The van der Waals surface area contributed by atoms with Crippen molar-refractivity contribution in [3.63, 3.8) is 0 Å². The average molecular weight is 973 g/mol. The number of likely N-dealkylation sites (N-methyl/N-ethyl adjacent to an activating group) is 3. The van der Waals surface area contributed by atoms with E-state index in [1.165, 1.54) is 35.9 Å². The van der Waals surface area contributed by atoms with Crippen LogP contribution >= 0.6 is 23.2 Å². The Hall–Kier alpha value is -4.16. The fourth-order valence-electron chi connectivity index (χ4n) is 10.1. The van der Waals surface area contributed by atoms with Gasteiger partial charge in [0.25, 0.3) is 0 Å². The molecule has 0 unspecified atom stereocenters. The number of rotatable bonds is 12. The minimum Gasteiger partial charge on any atom is -0.385 e. The summed E-state index contributed by atoms with van der Waals surface area (Å²) in [6.45, 7) is 5.44. The molecule has 4 aliphatic rings. The van der Waals surface area contributed by atoms with Gasteiger partial charge in [-0.3, -0.25) is 33.6 Å². The van der Waals surface area contributed by atoms with Gasteiger partial charge in [-0.05, 0) is 113 Å². The second-order valence-corrected chi connectivity index (χ2v) is 20.2. The lowest BCUT2D eigenvalue weighted by molar-refractivity contribution is -0.285. The van der Waals surface area contributed by atoms with Crippen molar-refractivity contribution in [2.24, 2.45) is 16.7 Å². The first kappa shape index (κ1) is 52.8. The highest BCUT2D eigenvalue weighted by atomic mass is 35.5. The molecule has 6 atom stereocenters. The molecule has 15 nitrogen and oxygen atoms in total. The highest BCUT2D eigenvalue weighted by molar-refractivity contribution is 6.33. The summed E-state index contributed by atoms with van der Waals surface area (Å²) in [6.07, 6.45) is -2.11. The molecular formula is C46H66Cl2F3N7O8. The lowest BCUT2D eigenvalue weighted by atomic mass is 9.44. The Kier molecular flexibility index (Phi) is 17.5. The number of nitrogens with one attached hydrogen (secondary N) is 3. The molecule has 7 amide bonds. The zero-order valence-electron chi connectivity index (χ0n) is 39.0. The second-order valence-electron chi connectivity index (χ2n) is 19.3. The van der Waals surface area contributed by atoms with Gasteiger partial charge in [0.15, 0.2) is 0 Å². The predicted molar refractivity (Wildman–Crippen MR) is 241 cm³/mol. The minimum atomic E-state index is -4.79.